The van der Waals surface area contributed by atoms with Crippen LogP contribution < -0.4 is 0 Å². The van der Waals surface area contributed by atoms with Crippen LogP contribution in [-0.4, -0.2) is 21.9 Å². The normalized spacial score (nSPS) is 12.6. The van der Waals surface area contributed by atoms with Crippen LogP contribution in [0.2, 0.25) is 0 Å². The van der Waals surface area contributed by atoms with Crippen LogP contribution in [0.4, 0.5) is 4.39 Å². The molecule has 1 heterocycles. The zero-order valence-electron chi connectivity index (χ0n) is 9.65. The number of hydrogen-bond acceptors (Lipinski definition) is 2. The van der Waals surface area contributed by atoms with Crippen LogP contribution in [0.5, 0.6) is 0 Å². The smallest absolute Gasteiger partial charge is 0.123 e. The van der Waals surface area contributed by atoms with Crippen molar-refractivity contribution in [2.45, 2.75) is 19.3 Å². The van der Waals surface area contributed by atoms with Crippen molar-refractivity contribution in [1.82, 2.24) is 10.2 Å². The first-order valence-corrected chi connectivity index (χ1v) is 5.63. The summed E-state index contributed by atoms with van der Waals surface area (Å²) in [7, 11) is 0. The number of nitrogens with zero attached hydrogens (tertiary/aromatic N) is 1. The molecule has 2 rings (SSSR count). The van der Waals surface area contributed by atoms with E-state index >= 15 is 0 Å². The summed E-state index contributed by atoms with van der Waals surface area (Å²) in [4.78, 5) is 0. The van der Waals surface area contributed by atoms with Crippen LogP contribution in [0.25, 0.3) is 11.3 Å². The lowest BCUT2D eigenvalue weighted by Gasteiger charge is -2.04. The van der Waals surface area contributed by atoms with Crippen LogP contribution in [0.3, 0.4) is 0 Å². The molecule has 0 fully saturated rings. The summed E-state index contributed by atoms with van der Waals surface area (Å²) in [5.41, 5.74) is 2.66. The molecule has 2 aromatic rings. The molecule has 1 atom stereocenters. The largest absolute Gasteiger partial charge is 0.396 e. The third kappa shape index (κ3) is 2.71. The highest BCUT2D eigenvalue weighted by Gasteiger charge is 2.09. The van der Waals surface area contributed by atoms with E-state index in [-0.39, 0.29) is 18.3 Å². The van der Waals surface area contributed by atoms with Crippen molar-refractivity contribution in [3.63, 3.8) is 0 Å². The molecule has 4 heteroatoms. The van der Waals surface area contributed by atoms with E-state index in [0.29, 0.717) is 6.42 Å². The fourth-order valence-electron chi connectivity index (χ4n) is 1.71. The van der Waals surface area contributed by atoms with Gasteiger partial charge in [0, 0.05) is 17.9 Å². The molecule has 0 saturated carbocycles. The second-order valence-corrected chi connectivity index (χ2v) is 4.13. The molecule has 0 aliphatic carbocycles. The van der Waals surface area contributed by atoms with Gasteiger partial charge in [-0.2, -0.15) is 5.10 Å². The van der Waals surface area contributed by atoms with Gasteiger partial charge < -0.3 is 5.11 Å². The number of benzene rings is 1. The van der Waals surface area contributed by atoms with Crippen molar-refractivity contribution in [3.8, 4) is 11.3 Å². The Kier molecular flexibility index (Phi) is 3.54. The number of aliphatic hydroxyl groups excluding tert-OH is 1. The van der Waals surface area contributed by atoms with Gasteiger partial charge in [-0.25, -0.2) is 4.39 Å². The van der Waals surface area contributed by atoms with Gasteiger partial charge in [0.15, 0.2) is 0 Å². The van der Waals surface area contributed by atoms with E-state index in [1.807, 2.05) is 13.0 Å². The van der Waals surface area contributed by atoms with Gasteiger partial charge in [0.05, 0.1) is 5.69 Å². The molecule has 1 aromatic carbocycles. The second-order valence-electron chi connectivity index (χ2n) is 4.13. The monoisotopic (exact) mass is 234 g/mol. The molecule has 0 saturated heterocycles. The molecule has 0 bridgehead atoms. The Morgan fingerprint density at radius 2 is 2.06 bits per heavy atom. The van der Waals surface area contributed by atoms with Crippen molar-refractivity contribution in [3.05, 3.63) is 41.8 Å². The number of nitrogens with one attached hydrogen (secondary N) is 1. The van der Waals surface area contributed by atoms with E-state index in [2.05, 4.69) is 10.2 Å². The van der Waals surface area contributed by atoms with Crippen molar-refractivity contribution >= 4 is 0 Å². The van der Waals surface area contributed by atoms with Crippen molar-refractivity contribution < 1.29 is 9.50 Å². The Labute approximate surface area is 99.3 Å². The van der Waals surface area contributed by atoms with Crippen LogP contribution in [0.15, 0.2) is 30.3 Å². The predicted octanol–water partition coefficient (Wildman–Crippen LogP) is 2.70. The lowest BCUT2D eigenvalue weighted by Crippen LogP contribution is -1.96. The second kappa shape index (κ2) is 5.10. The Morgan fingerprint density at radius 3 is 2.71 bits per heavy atom. The molecule has 3 nitrogen and oxygen atoms in total. The number of H-pyrrole nitrogens is 1. The van der Waals surface area contributed by atoms with E-state index in [9.17, 15) is 4.39 Å². The minimum absolute atomic E-state index is 0.159. The number of hydrogen-bond donors (Lipinski definition) is 2. The van der Waals surface area contributed by atoms with Gasteiger partial charge >= 0.3 is 0 Å². The van der Waals surface area contributed by atoms with E-state index in [4.69, 9.17) is 5.11 Å². The molecule has 2 N–H and O–H groups in total. The number of aromatic nitrogens is 2. The van der Waals surface area contributed by atoms with E-state index < -0.39 is 0 Å². The molecule has 0 aliphatic rings. The summed E-state index contributed by atoms with van der Waals surface area (Å²) in [6.45, 7) is 2.18. The Morgan fingerprint density at radius 1 is 1.35 bits per heavy atom. The van der Waals surface area contributed by atoms with Crippen molar-refractivity contribution in [1.29, 1.82) is 0 Å². The van der Waals surface area contributed by atoms with Gasteiger partial charge in [0.2, 0.25) is 0 Å². The third-order valence-electron chi connectivity index (χ3n) is 2.83. The van der Waals surface area contributed by atoms with Gasteiger partial charge in [-0.3, -0.25) is 5.10 Å². The maximum atomic E-state index is 12.8. The first kappa shape index (κ1) is 11.8. The molecule has 0 spiro atoms. The Bertz CT molecular complexity index is 478. The first-order valence-electron chi connectivity index (χ1n) is 5.63. The summed E-state index contributed by atoms with van der Waals surface area (Å²) in [6.07, 6.45) is 0.699. The van der Waals surface area contributed by atoms with Crippen LogP contribution in [0, 0.1) is 5.82 Å². The maximum absolute atomic E-state index is 12.8. The first-order chi connectivity index (χ1) is 8.20. The van der Waals surface area contributed by atoms with Crippen molar-refractivity contribution in [2.24, 2.45) is 0 Å². The molecule has 1 aromatic heterocycles. The SMILES string of the molecule is CC(CCO)c1cc(-c2ccc(F)cc2)n[nH]1. The molecular weight excluding hydrogens is 219 g/mol. The van der Waals surface area contributed by atoms with Gasteiger partial charge in [-0.05, 0) is 42.7 Å². The Hall–Kier alpha value is -1.68. The summed E-state index contributed by atoms with van der Waals surface area (Å²) in [5, 5.41) is 16.0. The minimum Gasteiger partial charge on any atom is -0.396 e. The zero-order valence-corrected chi connectivity index (χ0v) is 9.65. The summed E-state index contributed by atoms with van der Waals surface area (Å²) in [5.74, 6) is -0.0140. The number of aromatic amines is 1. The van der Waals surface area contributed by atoms with E-state index in [1.54, 1.807) is 12.1 Å². The summed E-state index contributed by atoms with van der Waals surface area (Å²) < 4.78 is 12.8. The fraction of sp³-hybridized carbons (Fsp3) is 0.308. The molecule has 0 amide bonds. The fourth-order valence-corrected chi connectivity index (χ4v) is 1.71. The highest BCUT2D eigenvalue weighted by Crippen LogP contribution is 2.23. The molecule has 0 aliphatic heterocycles. The molecule has 1 unspecified atom stereocenters. The minimum atomic E-state index is -0.252. The zero-order chi connectivity index (χ0) is 12.3. The lowest BCUT2D eigenvalue weighted by molar-refractivity contribution is 0.278. The van der Waals surface area contributed by atoms with Crippen LogP contribution in [0.1, 0.15) is 25.0 Å². The quantitative estimate of drug-likeness (QED) is 0.854. The standard InChI is InChI=1S/C13H15FN2O/c1-9(6-7-17)12-8-13(16-15-12)10-2-4-11(14)5-3-10/h2-5,8-9,17H,6-7H2,1H3,(H,15,16). The highest BCUT2D eigenvalue weighted by atomic mass is 19.1. The van der Waals surface area contributed by atoms with Crippen LogP contribution >= 0.6 is 0 Å². The highest BCUT2D eigenvalue weighted by molar-refractivity contribution is 5.59. The average molecular weight is 234 g/mol. The lowest BCUT2D eigenvalue weighted by atomic mass is 10.0. The topological polar surface area (TPSA) is 48.9 Å². The predicted molar refractivity (Wildman–Crippen MR) is 64.1 cm³/mol. The van der Waals surface area contributed by atoms with Gasteiger partial charge in [0.25, 0.3) is 0 Å². The van der Waals surface area contributed by atoms with E-state index in [0.717, 1.165) is 17.0 Å². The Balaban J connectivity index is 2.20. The van der Waals surface area contributed by atoms with Gasteiger partial charge in [0.1, 0.15) is 5.82 Å². The van der Waals surface area contributed by atoms with Gasteiger partial charge in [-0.15, -0.1) is 0 Å². The number of rotatable bonds is 4. The number of aliphatic hydroxyl groups is 1. The van der Waals surface area contributed by atoms with Crippen LogP contribution in [-0.2, 0) is 0 Å². The van der Waals surface area contributed by atoms with E-state index in [1.165, 1.54) is 12.1 Å². The summed E-state index contributed by atoms with van der Waals surface area (Å²) >= 11 is 0. The molecule has 90 valence electrons. The number of halogens is 1. The third-order valence-corrected chi connectivity index (χ3v) is 2.83. The van der Waals surface area contributed by atoms with Crippen molar-refractivity contribution in [2.75, 3.05) is 6.61 Å². The average Bonchev–Trinajstić information content (AvgIpc) is 2.80. The maximum Gasteiger partial charge on any atom is 0.123 e. The van der Waals surface area contributed by atoms with Gasteiger partial charge in [-0.1, -0.05) is 6.92 Å². The molecule has 17 heavy (non-hydrogen) atoms. The molecular formula is C13H15FN2O. The molecule has 0 radical (unpaired) electrons. The summed E-state index contributed by atoms with van der Waals surface area (Å²) in [6, 6.07) is 8.17.